The first-order chi connectivity index (χ1) is 6.02. The number of carboxylic acid groups (broad SMARTS) is 1. The molecule has 2 unspecified atom stereocenters. The Morgan fingerprint density at radius 1 is 1.62 bits per heavy atom. The molecule has 1 aromatic rings. The summed E-state index contributed by atoms with van der Waals surface area (Å²) in [4.78, 5) is 10.4. The van der Waals surface area contributed by atoms with Gasteiger partial charge < -0.3 is 20.4 Å². The first-order valence-corrected chi connectivity index (χ1v) is 3.82. The summed E-state index contributed by atoms with van der Waals surface area (Å²) in [6.07, 6.45) is -1.38. The summed E-state index contributed by atoms with van der Waals surface area (Å²) in [5, 5.41) is 17.9. The molecular formula is C7H8ClNO4. The normalized spacial score (nSPS) is 15.3. The third kappa shape index (κ3) is 2.21. The van der Waals surface area contributed by atoms with Gasteiger partial charge in [0.15, 0.2) is 5.22 Å². The number of aliphatic hydroxyl groups excluding tert-OH is 1. The minimum absolute atomic E-state index is 0.0416. The van der Waals surface area contributed by atoms with Crippen LogP contribution in [0, 0.1) is 0 Å². The fourth-order valence-electron chi connectivity index (χ4n) is 0.799. The highest BCUT2D eigenvalue weighted by atomic mass is 35.5. The molecule has 0 radical (unpaired) electrons. The molecule has 0 aliphatic rings. The van der Waals surface area contributed by atoms with Gasteiger partial charge in [-0.25, -0.2) is 0 Å². The van der Waals surface area contributed by atoms with Crippen LogP contribution in [0.2, 0.25) is 5.22 Å². The topological polar surface area (TPSA) is 96.7 Å². The first kappa shape index (κ1) is 10.0. The molecule has 1 aromatic heterocycles. The first-order valence-electron chi connectivity index (χ1n) is 3.44. The predicted molar refractivity (Wildman–Crippen MR) is 44.3 cm³/mol. The molecule has 2 atom stereocenters. The number of furan rings is 1. The molecule has 0 aromatic carbocycles. The van der Waals surface area contributed by atoms with Crippen LogP contribution >= 0.6 is 11.6 Å². The summed E-state index contributed by atoms with van der Waals surface area (Å²) in [7, 11) is 0. The summed E-state index contributed by atoms with van der Waals surface area (Å²) >= 11 is 5.42. The van der Waals surface area contributed by atoms with Gasteiger partial charge in [0.05, 0.1) is 0 Å². The van der Waals surface area contributed by atoms with Gasteiger partial charge >= 0.3 is 5.97 Å². The van der Waals surface area contributed by atoms with Crippen molar-refractivity contribution in [1.82, 2.24) is 0 Å². The molecule has 0 aliphatic heterocycles. The third-order valence-corrected chi connectivity index (χ3v) is 1.71. The van der Waals surface area contributed by atoms with E-state index in [0.717, 1.165) is 0 Å². The molecule has 0 spiro atoms. The molecule has 0 saturated heterocycles. The standard InChI is InChI=1S/C7H8ClNO4/c8-4-2-1-3(13-4)6(10)5(9)7(11)12/h1-2,5-6,10H,9H2,(H,11,12). The maximum atomic E-state index is 10.4. The highest BCUT2D eigenvalue weighted by molar-refractivity contribution is 6.28. The number of carboxylic acids is 1. The monoisotopic (exact) mass is 205 g/mol. The van der Waals surface area contributed by atoms with E-state index < -0.39 is 18.1 Å². The molecule has 13 heavy (non-hydrogen) atoms. The van der Waals surface area contributed by atoms with Crippen molar-refractivity contribution in [2.75, 3.05) is 0 Å². The fourth-order valence-corrected chi connectivity index (χ4v) is 0.951. The molecule has 0 amide bonds. The van der Waals surface area contributed by atoms with Crippen LogP contribution in [0.5, 0.6) is 0 Å². The van der Waals surface area contributed by atoms with E-state index in [1.807, 2.05) is 0 Å². The average Bonchev–Trinajstić information content (AvgIpc) is 2.49. The lowest BCUT2D eigenvalue weighted by Gasteiger charge is -2.11. The van der Waals surface area contributed by atoms with Gasteiger partial charge in [0.25, 0.3) is 0 Å². The van der Waals surface area contributed by atoms with E-state index in [9.17, 15) is 9.90 Å². The van der Waals surface area contributed by atoms with Crippen LogP contribution in [0.25, 0.3) is 0 Å². The maximum absolute atomic E-state index is 10.4. The Labute approximate surface area is 78.7 Å². The van der Waals surface area contributed by atoms with E-state index >= 15 is 0 Å². The molecule has 0 saturated carbocycles. The number of hydrogen-bond acceptors (Lipinski definition) is 4. The zero-order valence-corrected chi connectivity index (χ0v) is 7.23. The summed E-state index contributed by atoms with van der Waals surface area (Å²) in [6.45, 7) is 0. The Hall–Kier alpha value is -1.04. The molecule has 1 rings (SSSR count). The SMILES string of the molecule is NC(C(=O)O)C(O)c1ccc(Cl)o1. The highest BCUT2D eigenvalue weighted by Crippen LogP contribution is 2.21. The van der Waals surface area contributed by atoms with E-state index in [1.54, 1.807) is 0 Å². The number of halogens is 1. The van der Waals surface area contributed by atoms with Crippen molar-refractivity contribution < 1.29 is 19.4 Å². The van der Waals surface area contributed by atoms with Crippen molar-refractivity contribution in [2.45, 2.75) is 12.1 Å². The Kier molecular flexibility index (Phi) is 2.92. The van der Waals surface area contributed by atoms with Crippen molar-refractivity contribution in [2.24, 2.45) is 5.73 Å². The Bertz CT molecular complexity index is 311. The summed E-state index contributed by atoms with van der Waals surface area (Å²) in [5.74, 6) is -1.26. The fraction of sp³-hybridized carbons (Fsp3) is 0.286. The van der Waals surface area contributed by atoms with Crippen LogP contribution in [0.15, 0.2) is 16.5 Å². The maximum Gasteiger partial charge on any atom is 0.323 e. The predicted octanol–water partition coefficient (Wildman–Crippen LogP) is 0.378. The van der Waals surface area contributed by atoms with Crippen LogP contribution in [-0.2, 0) is 4.79 Å². The molecular weight excluding hydrogens is 198 g/mol. The van der Waals surface area contributed by atoms with Gasteiger partial charge in [-0.3, -0.25) is 4.79 Å². The molecule has 72 valence electrons. The number of nitrogens with two attached hydrogens (primary N) is 1. The van der Waals surface area contributed by atoms with Gasteiger partial charge in [-0.2, -0.15) is 0 Å². The minimum atomic E-state index is -1.41. The second-order valence-electron chi connectivity index (χ2n) is 2.45. The largest absolute Gasteiger partial charge is 0.480 e. The summed E-state index contributed by atoms with van der Waals surface area (Å²) < 4.78 is 4.79. The lowest BCUT2D eigenvalue weighted by atomic mass is 10.1. The molecule has 0 bridgehead atoms. The Balaban J connectivity index is 2.78. The van der Waals surface area contributed by atoms with Gasteiger partial charge in [-0.1, -0.05) is 0 Å². The van der Waals surface area contributed by atoms with E-state index in [4.69, 9.17) is 26.9 Å². The molecule has 5 nitrogen and oxygen atoms in total. The third-order valence-electron chi connectivity index (χ3n) is 1.51. The van der Waals surface area contributed by atoms with Crippen LogP contribution in [0.4, 0.5) is 0 Å². The molecule has 0 aliphatic carbocycles. The average molecular weight is 206 g/mol. The number of aliphatic hydroxyl groups is 1. The van der Waals surface area contributed by atoms with Crippen LogP contribution in [0.3, 0.4) is 0 Å². The zero-order valence-electron chi connectivity index (χ0n) is 6.48. The quantitative estimate of drug-likeness (QED) is 0.663. The van der Waals surface area contributed by atoms with Crippen molar-refractivity contribution in [3.63, 3.8) is 0 Å². The van der Waals surface area contributed by atoms with Crippen molar-refractivity contribution >= 4 is 17.6 Å². The Morgan fingerprint density at radius 3 is 2.62 bits per heavy atom. The molecule has 1 heterocycles. The van der Waals surface area contributed by atoms with E-state index in [2.05, 4.69) is 0 Å². The number of aliphatic carboxylic acids is 1. The van der Waals surface area contributed by atoms with Crippen molar-refractivity contribution in [3.05, 3.63) is 23.1 Å². The zero-order chi connectivity index (χ0) is 10.0. The van der Waals surface area contributed by atoms with Gasteiger partial charge in [0.2, 0.25) is 0 Å². The lowest BCUT2D eigenvalue weighted by Crippen LogP contribution is -2.36. The van der Waals surface area contributed by atoms with Crippen LogP contribution in [0.1, 0.15) is 11.9 Å². The lowest BCUT2D eigenvalue weighted by molar-refractivity contribution is -0.141. The van der Waals surface area contributed by atoms with Gasteiger partial charge in [0, 0.05) is 0 Å². The summed E-state index contributed by atoms with van der Waals surface area (Å²) in [5.41, 5.74) is 5.15. The van der Waals surface area contributed by atoms with Gasteiger partial charge in [-0.05, 0) is 23.7 Å². The summed E-state index contributed by atoms with van der Waals surface area (Å²) in [6, 6.07) is 1.35. The van der Waals surface area contributed by atoms with Crippen LogP contribution in [-0.4, -0.2) is 22.2 Å². The van der Waals surface area contributed by atoms with Crippen molar-refractivity contribution in [1.29, 1.82) is 0 Å². The number of hydrogen-bond donors (Lipinski definition) is 3. The van der Waals surface area contributed by atoms with Crippen LogP contribution < -0.4 is 5.73 Å². The number of carbonyl (C=O) groups is 1. The van der Waals surface area contributed by atoms with Gasteiger partial charge in [0.1, 0.15) is 17.9 Å². The van der Waals surface area contributed by atoms with E-state index in [-0.39, 0.29) is 11.0 Å². The van der Waals surface area contributed by atoms with E-state index in [0.29, 0.717) is 0 Å². The number of rotatable bonds is 3. The molecule has 6 heteroatoms. The second-order valence-corrected chi connectivity index (χ2v) is 2.82. The highest BCUT2D eigenvalue weighted by Gasteiger charge is 2.25. The molecule has 4 N–H and O–H groups in total. The van der Waals surface area contributed by atoms with E-state index in [1.165, 1.54) is 12.1 Å². The Morgan fingerprint density at radius 2 is 2.23 bits per heavy atom. The molecule has 0 fully saturated rings. The smallest absolute Gasteiger partial charge is 0.323 e. The van der Waals surface area contributed by atoms with Gasteiger partial charge in [-0.15, -0.1) is 0 Å². The second kappa shape index (κ2) is 3.78. The minimum Gasteiger partial charge on any atom is -0.480 e. The van der Waals surface area contributed by atoms with Crippen molar-refractivity contribution in [3.8, 4) is 0 Å².